The summed E-state index contributed by atoms with van der Waals surface area (Å²) in [6, 6.07) is 24.1. The first kappa shape index (κ1) is 36.5. The van der Waals surface area contributed by atoms with Gasteiger partial charge >= 0.3 is 6.18 Å². The summed E-state index contributed by atoms with van der Waals surface area (Å²) in [7, 11) is -4.58. The highest BCUT2D eigenvalue weighted by atomic mass is 35.5. The van der Waals surface area contributed by atoms with Crippen LogP contribution in [0.2, 0.25) is 5.02 Å². The van der Waals surface area contributed by atoms with Gasteiger partial charge in [-0.1, -0.05) is 83.9 Å². The lowest BCUT2D eigenvalue weighted by molar-refractivity contribution is -0.140. The van der Waals surface area contributed by atoms with Crippen LogP contribution >= 0.6 is 11.6 Å². The van der Waals surface area contributed by atoms with Gasteiger partial charge in [-0.25, -0.2) is 8.42 Å². The number of aryl methyl sites for hydroxylation is 1. The lowest BCUT2D eigenvalue weighted by atomic mass is 10.0. The maximum Gasteiger partial charge on any atom is 0.416 e. The zero-order valence-electron chi connectivity index (χ0n) is 27.0. The number of anilines is 1. The van der Waals surface area contributed by atoms with Crippen LogP contribution in [0.25, 0.3) is 0 Å². The number of nitrogens with one attached hydrogen (secondary N) is 1. The zero-order valence-corrected chi connectivity index (χ0v) is 28.5. The van der Waals surface area contributed by atoms with Crippen LogP contribution in [0.15, 0.2) is 108 Å². The molecule has 0 aliphatic carbocycles. The number of nitrogens with zero attached hydrogens (tertiary/aromatic N) is 2. The highest BCUT2D eigenvalue weighted by molar-refractivity contribution is 7.92. The molecule has 0 saturated carbocycles. The van der Waals surface area contributed by atoms with Gasteiger partial charge in [0, 0.05) is 23.5 Å². The Kier molecular flexibility index (Phi) is 11.3. The Bertz CT molecular complexity index is 1840. The molecule has 0 heterocycles. The van der Waals surface area contributed by atoms with Gasteiger partial charge in [-0.15, -0.1) is 0 Å². The third kappa shape index (κ3) is 9.38. The molecule has 48 heavy (non-hydrogen) atoms. The molecule has 0 aliphatic heterocycles. The van der Waals surface area contributed by atoms with E-state index in [9.17, 15) is 31.2 Å². The molecule has 4 rings (SSSR count). The Morgan fingerprint density at radius 2 is 1.48 bits per heavy atom. The Balaban J connectivity index is 1.87. The van der Waals surface area contributed by atoms with E-state index in [0.29, 0.717) is 21.0 Å². The first-order chi connectivity index (χ1) is 22.5. The Morgan fingerprint density at radius 3 is 2.08 bits per heavy atom. The summed E-state index contributed by atoms with van der Waals surface area (Å²) < 4.78 is 70.3. The summed E-state index contributed by atoms with van der Waals surface area (Å²) in [6.45, 7) is 6.02. The molecule has 0 aromatic heterocycles. The van der Waals surface area contributed by atoms with E-state index in [0.717, 1.165) is 23.3 Å². The largest absolute Gasteiger partial charge is 0.416 e. The van der Waals surface area contributed by atoms with E-state index in [4.69, 9.17) is 11.6 Å². The van der Waals surface area contributed by atoms with E-state index in [1.807, 2.05) is 6.07 Å². The molecule has 7 nitrogen and oxygen atoms in total. The number of amides is 2. The third-order valence-corrected chi connectivity index (χ3v) is 9.57. The summed E-state index contributed by atoms with van der Waals surface area (Å²) in [6.07, 6.45) is -4.71. The van der Waals surface area contributed by atoms with Crippen molar-refractivity contribution in [3.8, 4) is 0 Å². The third-order valence-electron chi connectivity index (χ3n) is 7.42. The van der Waals surface area contributed by atoms with Crippen LogP contribution in [0.1, 0.15) is 43.0 Å². The van der Waals surface area contributed by atoms with Crippen LogP contribution in [0.4, 0.5) is 18.9 Å². The van der Waals surface area contributed by atoms with Gasteiger partial charge in [-0.05, 0) is 75.2 Å². The highest BCUT2D eigenvalue weighted by Crippen LogP contribution is 2.34. The normalized spacial score (nSPS) is 12.7. The average molecular weight is 700 g/mol. The first-order valence-corrected chi connectivity index (χ1v) is 16.9. The minimum Gasteiger partial charge on any atom is -0.350 e. The molecule has 0 bridgehead atoms. The summed E-state index contributed by atoms with van der Waals surface area (Å²) in [4.78, 5) is 29.5. The summed E-state index contributed by atoms with van der Waals surface area (Å²) in [5, 5.41) is 3.24. The van der Waals surface area contributed by atoms with Gasteiger partial charge in [0.15, 0.2) is 0 Å². The maximum atomic E-state index is 14.5. The molecular formula is C36H37ClF3N3O4S. The van der Waals surface area contributed by atoms with Gasteiger partial charge in [-0.3, -0.25) is 13.9 Å². The van der Waals surface area contributed by atoms with Gasteiger partial charge in [0.05, 0.1) is 16.1 Å². The fraction of sp³-hybridized carbons (Fsp3) is 0.278. The number of halogens is 4. The van der Waals surface area contributed by atoms with Crippen molar-refractivity contribution in [2.75, 3.05) is 10.8 Å². The molecule has 4 aromatic rings. The van der Waals surface area contributed by atoms with Gasteiger partial charge < -0.3 is 10.2 Å². The van der Waals surface area contributed by atoms with Crippen molar-refractivity contribution in [2.45, 2.75) is 63.3 Å². The fourth-order valence-corrected chi connectivity index (χ4v) is 6.62. The van der Waals surface area contributed by atoms with Crippen molar-refractivity contribution in [3.63, 3.8) is 0 Å². The minimum atomic E-state index is -4.78. The van der Waals surface area contributed by atoms with E-state index >= 15 is 0 Å². The topological polar surface area (TPSA) is 86.8 Å². The number of hydrogen-bond donors (Lipinski definition) is 1. The van der Waals surface area contributed by atoms with Crippen molar-refractivity contribution in [1.29, 1.82) is 0 Å². The van der Waals surface area contributed by atoms with E-state index in [-0.39, 0.29) is 23.5 Å². The number of alkyl halides is 3. The molecule has 254 valence electrons. The predicted molar refractivity (Wildman–Crippen MR) is 181 cm³/mol. The van der Waals surface area contributed by atoms with Crippen molar-refractivity contribution in [3.05, 3.63) is 130 Å². The second kappa shape index (κ2) is 14.8. The maximum absolute atomic E-state index is 14.5. The zero-order chi connectivity index (χ0) is 35.3. The Hall–Kier alpha value is -4.35. The number of benzene rings is 4. The molecule has 4 aromatic carbocycles. The van der Waals surface area contributed by atoms with Gasteiger partial charge in [0.2, 0.25) is 11.8 Å². The molecule has 1 unspecified atom stereocenters. The molecule has 12 heteroatoms. The molecule has 2 amide bonds. The van der Waals surface area contributed by atoms with Crippen LogP contribution in [-0.2, 0) is 38.8 Å². The van der Waals surface area contributed by atoms with Crippen LogP contribution in [-0.4, -0.2) is 43.3 Å². The minimum absolute atomic E-state index is 0.0627. The van der Waals surface area contributed by atoms with Crippen molar-refractivity contribution >= 4 is 39.1 Å². The second-order valence-electron chi connectivity index (χ2n) is 12.4. The lowest BCUT2D eigenvalue weighted by Crippen LogP contribution is -2.56. The van der Waals surface area contributed by atoms with E-state index in [1.165, 1.54) is 23.1 Å². The molecule has 1 N–H and O–H groups in total. The number of carbonyl (C=O) groups is 2. The molecule has 1 atom stereocenters. The number of rotatable bonds is 11. The highest BCUT2D eigenvalue weighted by Gasteiger charge is 2.37. The lowest BCUT2D eigenvalue weighted by Gasteiger charge is -2.35. The fourth-order valence-electron chi connectivity index (χ4n) is 5.02. The molecule has 0 radical (unpaired) electrons. The number of sulfonamides is 1. The Morgan fingerprint density at radius 1 is 0.854 bits per heavy atom. The molecular weight excluding hydrogens is 663 g/mol. The van der Waals surface area contributed by atoms with Gasteiger partial charge in [0.25, 0.3) is 10.0 Å². The number of carbonyl (C=O) groups excluding carboxylic acids is 2. The van der Waals surface area contributed by atoms with Crippen LogP contribution in [0.5, 0.6) is 0 Å². The molecule has 0 aliphatic rings. The van der Waals surface area contributed by atoms with Crippen LogP contribution in [0.3, 0.4) is 0 Å². The van der Waals surface area contributed by atoms with Gasteiger partial charge in [-0.2, -0.15) is 13.2 Å². The Labute approximate surface area is 284 Å². The smallest absolute Gasteiger partial charge is 0.350 e. The summed E-state index contributed by atoms with van der Waals surface area (Å²) in [5.74, 6) is -1.33. The molecule has 0 spiro atoms. The van der Waals surface area contributed by atoms with Crippen molar-refractivity contribution < 1.29 is 31.2 Å². The standard InChI is InChI=1S/C36H37ClF3N3O4S/c1-25-17-19-30(20-18-25)48(46,47)43(29-15-10-14-28(22-29)36(38,39)40)24-33(44)42(23-27-13-8-9-16-31(27)37)32(34(45)41-35(2,3)4)21-26-11-6-5-7-12-26/h5-20,22,32H,21,23-24H2,1-4H3,(H,41,45). The monoisotopic (exact) mass is 699 g/mol. The summed E-state index contributed by atoms with van der Waals surface area (Å²) >= 11 is 6.50. The average Bonchev–Trinajstić information content (AvgIpc) is 3.01. The van der Waals surface area contributed by atoms with E-state index < -0.39 is 51.7 Å². The van der Waals surface area contributed by atoms with Crippen molar-refractivity contribution in [2.24, 2.45) is 0 Å². The summed E-state index contributed by atoms with van der Waals surface area (Å²) in [5.41, 5.74) is -0.169. The van der Waals surface area contributed by atoms with Crippen LogP contribution < -0.4 is 9.62 Å². The quantitative estimate of drug-likeness (QED) is 0.177. The SMILES string of the molecule is Cc1ccc(S(=O)(=O)N(CC(=O)N(Cc2ccccc2Cl)C(Cc2ccccc2)C(=O)NC(C)(C)C)c2cccc(C(F)(F)F)c2)cc1. The first-order valence-electron chi connectivity index (χ1n) is 15.1. The van der Waals surface area contributed by atoms with E-state index in [2.05, 4.69) is 5.32 Å². The van der Waals surface area contributed by atoms with Gasteiger partial charge in [0.1, 0.15) is 12.6 Å². The predicted octanol–water partition coefficient (Wildman–Crippen LogP) is 7.42. The number of hydrogen-bond acceptors (Lipinski definition) is 4. The second-order valence-corrected chi connectivity index (χ2v) is 14.7. The molecule has 0 fully saturated rings. The van der Waals surface area contributed by atoms with Crippen LogP contribution in [0, 0.1) is 6.92 Å². The van der Waals surface area contributed by atoms with E-state index in [1.54, 1.807) is 88.4 Å². The van der Waals surface area contributed by atoms with Crippen molar-refractivity contribution in [1.82, 2.24) is 10.2 Å². The molecule has 0 saturated heterocycles.